The summed E-state index contributed by atoms with van der Waals surface area (Å²) < 4.78 is 70.0. The lowest BCUT2D eigenvalue weighted by Gasteiger charge is -2.22. The van der Waals surface area contributed by atoms with Crippen LogP contribution in [0.1, 0.15) is 43.9 Å². The monoisotopic (exact) mass is 590 g/mol. The molecule has 33 heavy (non-hydrogen) atoms. The summed E-state index contributed by atoms with van der Waals surface area (Å²) in [5, 5.41) is 0. The summed E-state index contributed by atoms with van der Waals surface area (Å²) in [4.78, 5) is -0.675. The van der Waals surface area contributed by atoms with Crippen molar-refractivity contribution in [3.8, 4) is 0 Å². The average Bonchev–Trinajstić information content (AvgIpc) is 2.75. The highest BCUT2D eigenvalue weighted by Crippen LogP contribution is 2.29. The van der Waals surface area contributed by atoms with E-state index in [0.29, 0.717) is 29.7 Å². The maximum atomic E-state index is 12.0. The summed E-state index contributed by atoms with van der Waals surface area (Å²) in [5.74, 6) is 0. The Morgan fingerprint density at radius 2 is 1.21 bits per heavy atom. The van der Waals surface area contributed by atoms with Gasteiger partial charge in [0.05, 0.1) is 10.5 Å². The van der Waals surface area contributed by atoms with E-state index in [4.69, 9.17) is 0 Å². The molecule has 0 atom stereocenters. The van der Waals surface area contributed by atoms with Crippen LogP contribution in [-0.4, -0.2) is 13.0 Å². The second kappa shape index (κ2) is 11.0. The molecule has 0 N–H and O–H groups in total. The first-order valence-electron chi connectivity index (χ1n) is 10.2. The Hall–Kier alpha value is -1.91. The summed E-state index contributed by atoms with van der Waals surface area (Å²) in [6, 6.07) is 20.6. The Bertz CT molecular complexity index is 1140. The van der Waals surface area contributed by atoms with E-state index in [1.807, 2.05) is 0 Å². The highest BCUT2D eigenvalue weighted by molar-refractivity contribution is 7.85. The zero-order chi connectivity index (χ0) is 24.9. The highest BCUT2D eigenvalue weighted by Gasteiger charge is 2.30. The van der Waals surface area contributed by atoms with Crippen LogP contribution in [0.3, 0.4) is 0 Å². The fourth-order valence-corrected chi connectivity index (χ4v) is 5.33. The molecule has 0 aliphatic carbocycles. The van der Waals surface area contributed by atoms with Gasteiger partial charge in [0.1, 0.15) is 10.1 Å². The number of alkyl halides is 3. The summed E-state index contributed by atoms with van der Waals surface area (Å²) >= 11 is -0.0381. The summed E-state index contributed by atoms with van der Waals surface area (Å²) in [6.45, 7) is 9.03. The lowest BCUT2D eigenvalue weighted by atomic mass is 9.82. The molecule has 8 heteroatoms. The largest absolute Gasteiger partial charge is 0.744 e. The van der Waals surface area contributed by atoms with Crippen molar-refractivity contribution in [3.05, 3.63) is 96.6 Å². The molecular formula is C25H26F3IO3S. The number of rotatable bonds is 5. The van der Waals surface area contributed by atoms with Crippen molar-refractivity contribution in [2.24, 2.45) is 0 Å². The molecule has 0 fully saturated rings. The predicted octanol–water partition coefficient (Wildman–Crippen LogP) is 3.42. The summed E-state index contributed by atoms with van der Waals surface area (Å²) in [6.07, 6.45) is -3.36. The second-order valence-corrected chi connectivity index (χ2v) is 12.5. The molecule has 3 aromatic rings. The van der Waals surface area contributed by atoms with Gasteiger partial charge in [-0.2, -0.15) is 13.2 Å². The first-order valence-corrected chi connectivity index (χ1v) is 13.7. The third-order valence-corrected chi connectivity index (χ3v) is 8.74. The fraction of sp³-hybridized carbons (Fsp3) is 0.280. The van der Waals surface area contributed by atoms with Crippen molar-refractivity contribution in [1.82, 2.24) is 0 Å². The first kappa shape index (κ1) is 27.3. The molecule has 0 aliphatic rings. The lowest BCUT2D eigenvalue weighted by molar-refractivity contribution is -0.597. The van der Waals surface area contributed by atoms with Gasteiger partial charge in [-0.1, -0.05) is 50.6 Å². The number of aryl methyl sites for hydroxylation is 1. The standard InChI is InChI=1S/C18H22I.C7H5F3O3S/c1-5-18(3,4)15-8-12-17(13-9-15)19-16-10-6-14(2)7-11-16;8-7(9,10)5-1-3-6(4-2-5)14(11,12)13/h6-13H,5H2,1-4H3;1-4H,(H,11,12,13)/q+1;/p-1. The van der Waals surface area contributed by atoms with Gasteiger partial charge in [0.25, 0.3) is 0 Å². The molecular weight excluding hydrogens is 564 g/mol. The van der Waals surface area contributed by atoms with Crippen molar-refractivity contribution in [2.45, 2.75) is 50.6 Å². The normalized spacial score (nSPS) is 12.1. The van der Waals surface area contributed by atoms with Crippen molar-refractivity contribution in [3.63, 3.8) is 0 Å². The number of hydrogen-bond acceptors (Lipinski definition) is 3. The van der Waals surface area contributed by atoms with Gasteiger partial charge in [-0.3, -0.25) is 0 Å². The molecule has 0 aromatic heterocycles. The Kier molecular flexibility index (Phi) is 9.12. The third kappa shape index (κ3) is 8.42. The minimum Gasteiger partial charge on any atom is -0.744 e. The molecule has 178 valence electrons. The maximum absolute atomic E-state index is 12.0. The molecule has 0 amide bonds. The predicted molar refractivity (Wildman–Crippen MR) is 118 cm³/mol. The minimum absolute atomic E-state index is 0.0381. The second-order valence-electron chi connectivity index (χ2n) is 8.11. The number of hydrogen-bond donors (Lipinski definition) is 0. The number of halogens is 4. The molecule has 0 radical (unpaired) electrons. The Morgan fingerprint density at radius 1 is 0.788 bits per heavy atom. The van der Waals surface area contributed by atoms with Gasteiger partial charge in [0, 0.05) is 0 Å². The van der Waals surface area contributed by atoms with Gasteiger partial charge in [0.15, 0.2) is 7.14 Å². The highest BCUT2D eigenvalue weighted by atomic mass is 127. The van der Waals surface area contributed by atoms with E-state index in [1.165, 1.54) is 24.7 Å². The van der Waals surface area contributed by atoms with Gasteiger partial charge in [-0.05, 0) is 72.9 Å². The van der Waals surface area contributed by atoms with Crippen LogP contribution in [-0.2, 0) is 21.7 Å². The quantitative estimate of drug-likeness (QED) is 0.338. The van der Waals surface area contributed by atoms with Crippen LogP contribution < -0.4 is 21.2 Å². The smallest absolute Gasteiger partial charge is 0.416 e. The molecule has 0 saturated carbocycles. The molecule has 3 aromatic carbocycles. The topological polar surface area (TPSA) is 57.2 Å². The average molecular weight is 590 g/mol. The zero-order valence-electron chi connectivity index (χ0n) is 18.8. The van der Waals surface area contributed by atoms with E-state index < -0.39 is 26.8 Å². The summed E-state index contributed by atoms with van der Waals surface area (Å²) in [5.41, 5.74) is 2.09. The number of benzene rings is 3. The van der Waals surface area contributed by atoms with Crippen LogP contribution in [0, 0.1) is 14.1 Å². The SMILES string of the molecule is CCC(C)(C)c1ccc([I+]c2ccc(C)cc2)cc1.O=S(=O)([O-])c1ccc(C(F)(F)F)cc1. The summed E-state index contributed by atoms with van der Waals surface area (Å²) in [7, 11) is -4.68. The van der Waals surface area contributed by atoms with Crippen LogP contribution in [0.25, 0.3) is 0 Å². The van der Waals surface area contributed by atoms with E-state index in [0.717, 1.165) is 0 Å². The van der Waals surface area contributed by atoms with Crippen molar-refractivity contribution < 1.29 is 47.3 Å². The fourth-order valence-electron chi connectivity index (χ4n) is 2.70. The first-order chi connectivity index (χ1) is 15.2. The van der Waals surface area contributed by atoms with E-state index in [2.05, 4.69) is 76.2 Å². The molecule has 3 nitrogen and oxygen atoms in total. The van der Waals surface area contributed by atoms with Crippen LogP contribution in [0.5, 0.6) is 0 Å². The van der Waals surface area contributed by atoms with Crippen molar-refractivity contribution >= 4 is 10.1 Å². The van der Waals surface area contributed by atoms with E-state index in [1.54, 1.807) is 0 Å². The van der Waals surface area contributed by atoms with Crippen LogP contribution in [0.2, 0.25) is 0 Å². The van der Waals surface area contributed by atoms with Crippen LogP contribution in [0.4, 0.5) is 13.2 Å². The Morgan fingerprint density at radius 3 is 1.61 bits per heavy atom. The Balaban J connectivity index is 0.000000245. The van der Waals surface area contributed by atoms with Crippen LogP contribution >= 0.6 is 0 Å². The van der Waals surface area contributed by atoms with Gasteiger partial charge in [-0.25, -0.2) is 8.42 Å². The van der Waals surface area contributed by atoms with Gasteiger partial charge < -0.3 is 4.55 Å². The molecule has 0 saturated heterocycles. The van der Waals surface area contributed by atoms with E-state index in [-0.39, 0.29) is 21.2 Å². The molecule has 0 spiro atoms. The minimum atomic E-state index is -4.68. The van der Waals surface area contributed by atoms with Crippen molar-refractivity contribution in [1.29, 1.82) is 0 Å². The lowest BCUT2D eigenvalue weighted by Crippen LogP contribution is -3.61. The van der Waals surface area contributed by atoms with Gasteiger partial charge >= 0.3 is 27.4 Å². The Labute approximate surface area is 204 Å². The maximum Gasteiger partial charge on any atom is 0.416 e. The molecule has 0 bridgehead atoms. The molecule has 0 heterocycles. The van der Waals surface area contributed by atoms with Crippen LogP contribution in [0.15, 0.2) is 77.7 Å². The third-order valence-electron chi connectivity index (χ3n) is 5.21. The molecule has 0 unspecified atom stereocenters. The van der Waals surface area contributed by atoms with Gasteiger partial charge in [0.2, 0.25) is 0 Å². The van der Waals surface area contributed by atoms with E-state index in [9.17, 15) is 26.1 Å². The molecule has 0 aliphatic heterocycles. The zero-order valence-corrected chi connectivity index (χ0v) is 21.8. The van der Waals surface area contributed by atoms with Crippen molar-refractivity contribution in [2.75, 3.05) is 0 Å². The molecule has 3 rings (SSSR count). The van der Waals surface area contributed by atoms with Gasteiger partial charge in [-0.15, -0.1) is 0 Å². The van der Waals surface area contributed by atoms with E-state index >= 15 is 0 Å².